The van der Waals surface area contributed by atoms with Crippen molar-refractivity contribution in [3.8, 4) is 0 Å². The molecule has 2 aliphatic rings. The average molecular weight is 482 g/mol. The Morgan fingerprint density at radius 3 is 2.41 bits per heavy atom. The molecule has 2 heterocycles. The van der Waals surface area contributed by atoms with Crippen LogP contribution in [0.3, 0.4) is 0 Å². The predicted octanol–water partition coefficient (Wildman–Crippen LogP) is 4.27. The van der Waals surface area contributed by atoms with Crippen LogP contribution in [0, 0.1) is 5.92 Å². The summed E-state index contributed by atoms with van der Waals surface area (Å²) in [6.45, 7) is -1.15. The van der Waals surface area contributed by atoms with Crippen molar-refractivity contribution in [2.24, 2.45) is 5.92 Å². The maximum Gasteiger partial charge on any atom is 0.511 e. The van der Waals surface area contributed by atoms with E-state index in [2.05, 4.69) is 9.97 Å². The third-order valence-corrected chi connectivity index (χ3v) is 7.29. The summed E-state index contributed by atoms with van der Waals surface area (Å²) in [6, 6.07) is 2.15. The largest absolute Gasteiger partial charge is 0.511 e. The first-order chi connectivity index (χ1) is 14.9. The summed E-state index contributed by atoms with van der Waals surface area (Å²) in [5.74, 6) is 0.232. The summed E-state index contributed by atoms with van der Waals surface area (Å²) in [6.07, 6.45) is 0.375. The Labute approximate surface area is 180 Å². The van der Waals surface area contributed by atoms with Crippen molar-refractivity contribution >= 4 is 15.7 Å². The van der Waals surface area contributed by atoms with Crippen LogP contribution in [0.4, 0.5) is 32.0 Å². The molecule has 0 unspecified atom stereocenters. The number of hydrogen-bond acceptors (Lipinski definition) is 4. The molecule has 4 rings (SSSR count). The molecule has 2 aromatic rings. The van der Waals surface area contributed by atoms with Gasteiger partial charge in [0.25, 0.3) is 0 Å². The maximum atomic E-state index is 13.4. The van der Waals surface area contributed by atoms with E-state index in [1.54, 1.807) is 4.90 Å². The van der Waals surface area contributed by atoms with Crippen LogP contribution in [0.1, 0.15) is 36.1 Å². The monoisotopic (exact) mass is 482 g/mol. The van der Waals surface area contributed by atoms with E-state index in [0.29, 0.717) is 12.1 Å². The number of rotatable bonds is 5. The molecule has 1 aromatic heterocycles. The van der Waals surface area contributed by atoms with Gasteiger partial charge in [0.2, 0.25) is 0 Å². The molecule has 176 valence electrons. The summed E-state index contributed by atoms with van der Waals surface area (Å²) in [5, 5.41) is 0. The molecule has 0 bridgehead atoms. The number of hydrogen-bond donors (Lipinski definition) is 1. The first kappa shape index (κ1) is 22.9. The minimum Gasteiger partial charge on any atom is -0.361 e. The number of aromatic amines is 1. The number of imidazole rings is 1. The van der Waals surface area contributed by atoms with Crippen molar-refractivity contribution in [3.63, 3.8) is 0 Å². The number of nitrogens with one attached hydrogen (secondary N) is 1. The number of halogens is 6. The van der Waals surface area contributed by atoms with Crippen molar-refractivity contribution < 1.29 is 34.8 Å². The van der Waals surface area contributed by atoms with Crippen LogP contribution in [0.15, 0.2) is 30.7 Å². The molecule has 1 fully saturated rings. The van der Waals surface area contributed by atoms with Gasteiger partial charge in [-0.1, -0.05) is 12.8 Å². The molecule has 1 saturated carbocycles. The zero-order chi connectivity index (χ0) is 23.3. The van der Waals surface area contributed by atoms with E-state index < -0.39 is 46.4 Å². The molecular weight excluding hydrogens is 462 g/mol. The van der Waals surface area contributed by atoms with Crippen LogP contribution in [0.5, 0.6) is 0 Å². The van der Waals surface area contributed by atoms with Gasteiger partial charge in [-0.2, -0.15) is 30.6 Å². The fourth-order valence-electron chi connectivity index (χ4n) is 3.99. The Morgan fingerprint density at radius 2 is 1.84 bits per heavy atom. The third kappa shape index (κ3) is 4.58. The first-order valence-corrected chi connectivity index (χ1v) is 11.3. The second-order valence-corrected chi connectivity index (χ2v) is 10.1. The van der Waals surface area contributed by atoms with E-state index >= 15 is 0 Å². The number of aromatic nitrogens is 2. The maximum absolute atomic E-state index is 13.4. The van der Waals surface area contributed by atoms with Crippen LogP contribution in [-0.2, 0) is 29.3 Å². The molecular formula is C19H20F6N4O2S. The van der Waals surface area contributed by atoms with Crippen molar-refractivity contribution in [3.05, 3.63) is 47.5 Å². The van der Waals surface area contributed by atoms with Gasteiger partial charge < -0.3 is 9.88 Å². The lowest BCUT2D eigenvalue weighted by Crippen LogP contribution is -2.47. The van der Waals surface area contributed by atoms with Crippen LogP contribution in [0.25, 0.3) is 0 Å². The van der Waals surface area contributed by atoms with Gasteiger partial charge in [0.15, 0.2) is 0 Å². The summed E-state index contributed by atoms with van der Waals surface area (Å²) < 4.78 is 105. The summed E-state index contributed by atoms with van der Waals surface area (Å²) >= 11 is 0. The van der Waals surface area contributed by atoms with Crippen LogP contribution < -0.4 is 4.90 Å². The Kier molecular flexibility index (Phi) is 5.68. The Balaban J connectivity index is 1.83. The van der Waals surface area contributed by atoms with E-state index in [1.165, 1.54) is 18.6 Å². The number of sulfonamides is 1. The minimum absolute atomic E-state index is 0.134. The van der Waals surface area contributed by atoms with Gasteiger partial charge in [-0.25, -0.2) is 13.4 Å². The molecule has 1 aliphatic heterocycles. The van der Waals surface area contributed by atoms with Gasteiger partial charge in [-0.3, -0.25) is 0 Å². The summed E-state index contributed by atoms with van der Waals surface area (Å²) in [7, 11) is -5.74. The van der Waals surface area contributed by atoms with Crippen molar-refractivity contribution in [1.29, 1.82) is 0 Å². The number of fused-ring (bicyclic) bond motifs is 1. The fraction of sp³-hybridized carbons (Fsp3) is 0.526. The van der Waals surface area contributed by atoms with Gasteiger partial charge in [0, 0.05) is 31.0 Å². The zero-order valence-corrected chi connectivity index (χ0v) is 17.4. The fourth-order valence-corrected chi connectivity index (χ4v) is 4.96. The molecule has 1 aromatic carbocycles. The lowest BCUT2D eigenvalue weighted by molar-refractivity contribution is -0.137. The van der Waals surface area contributed by atoms with Crippen LogP contribution in [-0.4, -0.2) is 40.8 Å². The zero-order valence-electron chi connectivity index (χ0n) is 16.6. The van der Waals surface area contributed by atoms with Gasteiger partial charge in [-0.05, 0) is 36.1 Å². The van der Waals surface area contributed by atoms with Crippen molar-refractivity contribution in [2.45, 2.75) is 50.1 Å². The number of anilines is 1. The highest BCUT2D eigenvalue weighted by Gasteiger charge is 2.51. The van der Waals surface area contributed by atoms with E-state index in [9.17, 15) is 34.8 Å². The number of benzene rings is 1. The highest BCUT2D eigenvalue weighted by Crippen LogP contribution is 2.42. The average Bonchev–Trinajstić information content (AvgIpc) is 3.38. The van der Waals surface area contributed by atoms with Gasteiger partial charge in [0.1, 0.15) is 0 Å². The minimum atomic E-state index is -5.74. The number of nitrogens with zero attached hydrogens (tertiary/aromatic N) is 3. The Bertz CT molecular complexity index is 1060. The van der Waals surface area contributed by atoms with E-state index in [1.807, 2.05) is 0 Å². The number of H-pyrrole nitrogens is 1. The second kappa shape index (κ2) is 7.94. The molecule has 0 spiro atoms. The SMILES string of the molecule is O=S(=O)(N1Cc2cc(C(F)(F)F)ccc2N(Cc2cnc[nH]2)[C@@H](CC2CC2)C1)C(F)(F)F. The standard InChI is InChI=1S/C19H20F6N4O2S/c20-18(21,22)14-3-4-17-13(6-14)8-28(32(30,31)19(23,24)25)10-16(5-12-1-2-12)29(17)9-15-7-26-11-27-15/h3-4,6-7,11-12,16H,1-2,5,8-10H2,(H,26,27)/t16-/m0/s1. The van der Waals surface area contributed by atoms with E-state index in [0.717, 1.165) is 25.0 Å². The van der Waals surface area contributed by atoms with E-state index in [-0.39, 0.29) is 28.0 Å². The molecule has 0 amide bonds. The molecule has 13 heteroatoms. The van der Waals surface area contributed by atoms with Crippen LogP contribution in [0.2, 0.25) is 0 Å². The Hall–Kier alpha value is -2.28. The first-order valence-electron chi connectivity index (χ1n) is 9.86. The third-order valence-electron chi connectivity index (χ3n) is 5.75. The molecule has 1 N–H and O–H groups in total. The molecule has 0 saturated heterocycles. The smallest absolute Gasteiger partial charge is 0.361 e. The second-order valence-electron chi connectivity index (χ2n) is 8.12. The van der Waals surface area contributed by atoms with Gasteiger partial charge >= 0.3 is 21.7 Å². The summed E-state index contributed by atoms with van der Waals surface area (Å²) in [4.78, 5) is 8.48. The predicted molar refractivity (Wildman–Crippen MR) is 103 cm³/mol. The molecule has 1 atom stereocenters. The lowest BCUT2D eigenvalue weighted by atomic mass is 10.0. The number of alkyl halides is 6. The van der Waals surface area contributed by atoms with Crippen molar-refractivity contribution in [1.82, 2.24) is 14.3 Å². The van der Waals surface area contributed by atoms with Gasteiger partial charge in [-0.15, -0.1) is 0 Å². The van der Waals surface area contributed by atoms with Crippen molar-refractivity contribution in [2.75, 3.05) is 11.4 Å². The lowest BCUT2D eigenvalue weighted by Gasteiger charge is -2.34. The quantitative estimate of drug-likeness (QED) is 0.647. The highest BCUT2D eigenvalue weighted by atomic mass is 32.2. The molecule has 6 nitrogen and oxygen atoms in total. The van der Waals surface area contributed by atoms with Crippen LogP contribution >= 0.6 is 0 Å². The molecule has 32 heavy (non-hydrogen) atoms. The molecule has 1 aliphatic carbocycles. The van der Waals surface area contributed by atoms with Gasteiger partial charge in [0.05, 0.1) is 24.1 Å². The highest BCUT2D eigenvalue weighted by molar-refractivity contribution is 7.89. The topological polar surface area (TPSA) is 69.3 Å². The summed E-state index contributed by atoms with van der Waals surface area (Å²) in [5.41, 5.74) is -5.87. The molecule has 0 radical (unpaired) electrons. The normalized spacial score (nSPS) is 20.8. The Morgan fingerprint density at radius 1 is 1.12 bits per heavy atom. The van der Waals surface area contributed by atoms with E-state index in [4.69, 9.17) is 0 Å².